The van der Waals surface area contributed by atoms with Crippen LogP contribution in [-0.4, -0.2) is 4.57 Å². The third kappa shape index (κ3) is 5.53. The van der Waals surface area contributed by atoms with Gasteiger partial charge in [-0.2, -0.15) is 0 Å². The molecule has 0 amide bonds. The maximum Gasteiger partial charge on any atom is 0.0702 e. The minimum atomic E-state index is 1.09. The van der Waals surface area contributed by atoms with Crippen LogP contribution < -0.4 is 4.90 Å². The zero-order valence-corrected chi connectivity index (χ0v) is 29.7. The van der Waals surface area contributed by atoms with Crippen molar-refractivity contribution in [1.82, 2.24) is 4.57 Å². The van der Waals surface area contributed by atoms with Gasteiger partial charge >= 0.3 is 0 Å². The van der Waals surface area contributed by atoms with Crippen molar-refractivity contribution in [2.45, 2.75) is 0 Å². The van der Waals surface area contributed by atoms with E-state index in [4.69, 9.17) is 0 Å². The first kappa shape index (κ1) is 31.6. The lowest BCUT2D eigenvalue weighted by atomic mass is 9.95. The Morgan fingerprint density at radius 1 is 0.315 bits per heavy atom. The Labute approximate surface area is 315 Å². The predicted molar refractivity (Wildman–Crippen MR) is 229 cm³/mol. The number of aromatic nitrogens is 1. The van der Waals surface area contributed by atoms with Crippen molar-refractivity contribution in [3.63, 3.8) is 0 Å². The van der Waals surface area contributed by atoms with Crippen molar-refractivity contribution in [3.05, 3.63) is 218 Å². The molecular weight excluding hydrogens is 653 g/mol. The zero-order chi connectivity index (χ0) is 35.8. The molecule has 9 aromatic carbocycles. The minimum Gasteiger partial charge on any atom is -0.308 e. The van der Waals surface area contributed by atoms with Crippen molar-refractivity contribution >= 4 is 49.6 Å². The van der Waals surface area contributed by atoms with Gasteiger partial charge in [0.15, 0.2) is 0 Å². The van der Waals surface area contributed by atoms with Crippen LogP contribution in [-0.2, 0) is 0 Å². The summed E-state index contributed by atoms with van der Waals surface area (Å²) < 4.78 is 2.42. The molecule has 0 saturated heterocycles. The highest BCUT2D eigenvalue weighted by molar-refractivity contribution is 6.10. The molecule has 0 saturated carbocycles. The van der Waals surface area contributed by atoms with Crippen LogP contribution in [0.25, 0.3) is 71.6 Å². The van der Waals surface area contributed by atoms with Gasteiger partial charge in [0.25, 0.3) is 0 Å². The van der Waals surface area contributed by atoms with Crippen LogP contribution in [0.2, 0.25) is 0 Å². The van der Waals surface area contributed by atoms with E-state index in [2.05, 4.69) is 228 Å². The molecule has 10 aromatic rings. The van der Waals surface area contributed by atoms with Gasteiger partial charge in [-0.15, -0.1) is 0 Å². The standard InChI is InChI=1S/C52H36N2/c1-2-14-37(15-3-1)38-28-32-43(33-29-38)53(51-26-10-11-27-52(51)54-49-24-8-6-21-47(49)48-22-7-9-25-50(48)54)44-34-30-39(31-35-44)41-18-12-19-42(36-41)46-23-13-17-40-16-4-5-20-45(40)46/h1-36H. The molecule has 0 unspecified atom stereocenters. The van der Waals surface area contributed by atoms with Gasteiger partial charge in [-0.3, -0.25) is 0 Å². The number of nitrogens with zero attached hydrogens (tertiary/aromatic N) is 2. The summed E-state index contributed by atoms with van der Waals surface area (Å²) in [6.07, 6.45) is 0. The Kier molecular flexibility index (Phi) is 7.85. The van der Waals surface area contributed by atoms with E-state index >= 15 is 0 Å². The van der Waals surface area contributed by atoms with Gasteiger partial charge in [-0.1, -0.05) is 164 Å². The highest BCUT2D eigenvalue weighted by Crippen LogP contribution is 2.42. The normalized spacial score (nSPS) is 11.3. The van der Waals surface area contributed by atoms with Crippen molar-refractivity contribution in [2.24, 2.45) is 0 Å². The Morgan fingerprint density at radius 2 is 0.796 bits per heavy atom. The fourth-order valence-electron chi connectivity index (χ4n) is 8.03. The third-order valence-corrected chi connectivity index (χ3v) is 10.6. The number of benzene rings is 9. The summed E-state index contributed by atoms with van der Waals surface area (Å²) in [4.78, 5) is 2.39. The first-order valence-corrected chi connectivity index (χ1v) is 18.5. The summed E-state index contributed by atoms with van der Waals surface area (Å²) in [5, 5.41) is 5.01. The number of fused-ring (bicyclic) bond motifs is 4. The molecule has 54 heavy (non-hydrogen) atoms. The van der Waals surface area contributed by atoms with Gasteiger partial charge in [-0.05, 0) is 98.8 Å². The second kappa shape index (κ2) is 13.4. The predicted octanol–water partition coefficient (Wildman–Crippen LogP) is 14.4. The number of rotatable bonds is 7. The van der Waals surface area contributed by atoms with Gasteiger partial charge < -0.3 is 9.47 Å². The molecule has 10 rings (SSSR count). The number of anilines is 3. The van der Waals surface area contributed by atoms with Crippen LogP contribution in [0.3, 0.4) is 0 Å². The number of para-hydroxylation sites is 4. The smallest absolute Gasteiger partial charge is 0.0702 e. The van der Waals surface area contributed by atoms with Crippen molar-refractivity contribution in [1.29, 1.82) is 0 Å². The first-order chi connectivity index (χ1) is 26.8. The SMILES string of the molecule is c1ccc(-c2ccc(N(c3ccc(-c4cccc(-c5cccc6ccccc56)c4)cc3)c3ccccc3-n3c4ccccc4c4ccccc43)cc2)cc1. The van der Waals surface area contributed by atoms with Gasteiger partial charge in [0, 0.05) is 22.1 Å². The quantitative estimate of drug-likeness (QED) is 0.162. The maximum absolute atomic E-state index is 2.42. The monoisotopic (exact) mass is 688 g/mol. The van der Waals surface area contributed by atoms with Gasteiger partial charge in [0.05, 0.1) is 22.4 Å². The van der Waals surface area contributed by atoms with Crippen LogP contribution in [0.15, 0.2) is 218 Å². The molecule has 0 bridgehead atoms. The van der Waals surface area contributed by atoms with Gasteiger partial charge in [0.1, 0.15) is 0 Å². The molecule has 0 radical (unpaired) electrons. The molecule has 2 heteroatoms. The molecule has 1 heterocycles. The van der Waals surface area contributed by atoms with Crippen LogP contribution in [0.5, 0.6) is 0 Å². The van der Waals surface area contributed by atoms with E-state index < -0.39 is 0 Å². The Bertz CT molecular complexity index is 2860. The van der Waals surface area contributed by atoms with E-state index in [-0.39, 0.29) is 0 Å². The Morgan fingerprint density at radius 3 is 1.50 bits per heavy atom. The molecule has 0 aliphatic heterocycles. The minimum absolute atomic E-state index is 1.09. The molecule has 0 fully saturated rings. The summed E-state index contributed by atoms with van der Waals surface area (Å²) in [6, 6.07) is 78.8. The number of hydrogen-bond donors (Lipinski definition) is 0. The fraction of sp³-hybridized carbons (Fsp3) is 0. The summed E-state index contributed by atoms with van der Waals surface area (Å²) in [6.45, 7) is 0. The summed E-state index contributed by atoms with van der Waals surface area (Å²) in [5.74, 6) is 0. The molecule has 0 aliphatic carbocycles. The second-order valence-electron chi connectivity index (χ2n) is 13.8. The lowest BCUT2D eigenvalue weighted by molar-refractivity contribution is 1.15. The van der Waals surface area contributed by atoms with E-state index in [0.29, 0.717) is 0 Å². The van der Waals surface area contributed by atoms with Crippen LogP contribution >= 0.6 is 0 Å². The van der Waals surface area contributed by atoms with E-state index in [9.17, 15) is 0 Å². The average Bonchev–Trinajstić information content (AvgIpc) is 3.59. The van der Waals surface area contributed by atoms with Crippen LogP contribution in [0.1, 0.15) is 0 Å². The van der Waals surface area contributed by atoms with Crippen molar-refractivity contribution < 1.29 is 0 Å². The summed E-state index contributed by atoms with van der Waals surface area (Å²) >= 11 is 0. The second-order valence-corrected chi connectivity index (χ2v) is 13.8. The lowest BCUT2D eigenvalue weighted by Gasteiger charge is -2.28. The fourth-order valence-corrected chi connectivity index (χ4v) is 8.03. The molecule has 0 spiro atoms. The molecule has 0 aliphatic rings. The molecular formula is C52H36N2. The van der Waals surface area contributed by atoms with Crippen molar-refractivity contribution in [2.75, 3.05) is 4.90 Å². The Hall–Kier alpha value is -7.16. The third-order valence-electron chi connectivity index (χ3n) is 10.6. The maximum atomic E-state index is 2.42. The van der Waals surface area contributed by atoms with Crippen LogP contribution in [0.4, 0.5) is 17.1 Å². The Balaban J connectivity index is 1.11. The topological polar surface area (TPSA) is 8.17 Å². The van der Waals surface area contributed by atoms with Gasteiger partial charge in [-0.25, -0.2) is 0 Å². The van der Waals surface area contributed by atoms with E-state index in [1.807, 2.05) is 0 Å². The molecule has 254 valence electrons. The first-order valence-electron chi connectivity index (χ1n) is 18.5. The van der Waals surface area contributed by atoms with Crippen LogP contribution in [0, 0.1) is 0 Å². The van der Waals surface area contributed by atoms with E-state index in [1.165, 1.54) is 66.0 Å². The molecule has 0 N–H and O–H groups in total. The van der Waals surface area contributed by atoms with E-state index in [0.717, 1.165) is 22.7 Å². The highest BCUT2D eigenvalue weighted by atomic mass is 15.2. The molecule has 0 atom stereocenters. The largest absolute Gasteiger partial charge is 0.308 e. The van der Waals surface area contributed by atoms with Crippen molar-refractivity contribution in [3.8, 4) is 39.1 Å². The van der Waals surface area contributed by atoms with Gasteiger partial charge in [0.2, 0.25) is 0 Å². The van der Waals surface area contributed by atoms with E-state index in [1.54, 1.807) is 0 Å². The zero-order valence-electron chi connectivity index (χ0n) is 29.7. The summed E-state index contributed by atoms with van der Waals surface area (Å²) in [7, 11) is 0. The highest BCUT2D eigenvalue weighted by Gasteiger charge is 2.20. The lowest BCUT2D eigenvalue weighted by Crippen LogP contribution is -2.13. The molecule has 1 aromatic heterocycles. The average molecular weight is 689 g/mol. The summed E-state index contributed by atoms with van der Waals surface area (Å²) in [5.41, 5.74) is 14.0. The number of hydrogen-bond acceptors (Lipinski definition) is 1. The molecule has 2 nitrogen and oxygen atoms in total.